The van der Waals surface area contributed by atoms with Crippen molar-refractivity contribution < 1.29 is 23.0 Å². The summed E-state index contributed by atoms with van der Waals surface area (Å²) < 4.78 is 33.9. The van der Waals surface area contributed by atoms with E-state index in [9.17, 15) is 13.6 Å². The summed E-state index contributed by atoms with van der Waals surface area (Å²) in [5.74, 6) is -0.362. The average molecular weight is 344 g/mol. The largest absolute Gasteiger partial charge is 0.493 e. The molecule has 7 heteroatoms. The molecule has 0 saturated carbocycles. The van der Waals surface area contributed by atoms with Gasteiger partial charge in [0.2, 0.25) is 5.91 Å². The van der Waals surface area contributed by atoms with Crippen molar-refractivity contribution in [2.24, 2.45) is 0 Å². The second kappa shape index (κ2) is 8.45. The Hall–Kier alpha value is -3.40. The van der Waals surface area contributed by atoms with Gasteiger partial charge in [-0.1, -0.05) is 12.1 Å². The number of carbonyl (C=O) groups excluding carboxylic acids is 1. The molecule has 128 valence electrons. The van der Waals surface area contributed by atoms with Gasteiger partial charge in [-0.05, 0) is 42.0 Å². The van der Waals surface area contributed by atoms with Gasteiger partial charge < -0.3 is 14.8 Å². The maximum atomic E-state index is 12.3. The Balaban J connectivity index is 2.07. The van der Waals surface area contributed by atoms with E-state index in [0.29, 0.717) is 16.8 Å². The number of nitriles is 1. The Labute approximate surface area is 143 Å². The van der Waals surface area contributed by atoms with E-state index >= 15 is 0 Å². The van der Waals surface area contributed by atoms with E-state index in [1.54, 1.807) is 24.3 Å². The van der Waals surface area contributed by atoms with Crippen LogP contribution < -0.4 is 14.8 Å². The standard InChI is InChI=1S/C18H14F2N2O3/c1-24-16-10-12(5-7-15(16)25-18(19)20)6-8-17(23)22-14-4-2-3-13(9-14)11-21/h2-10,18H,1H3,(H,22,23)/b8-6+. The maximum Gasteiger partial charge on any atom is 0.387 e. The second-order valence-electron chi connectivity index (χ2n) is 4.80. The number of methoxy groups -OCH3 is 1. The van der Waals surface area contributed by atoms with Gasteiger partial charge in [0.25, 0.3) is 0 Å². The van der Waals surface area contributed by atoms with Crippen LogP contribution in [0.2, 0.25) is 0 Å². The molecule has 0 radical (unpaired) electrons. The minimum atomic E-state index is -2.95. The first-order chi connectivity index (χ1) is 12.0. The Morgan fingerprint density at radius 2 is 2.04 bits per heavy atom. The molecule has 0 heterocycles. The fourth-order valence-corrected chi connectivity index (χ4v) is 2.00. The zero-order valence-corrected chi connectivity index (χ0v) is 13.2. The van der Waals surface area contributed by atoms with Crippen LogP contribution in [0.5, 0.6) is 11.5 Å². The molecule has 0 saturated heterocycles. The molecule has 0 spiro atoms. The number of ether oxygens (including phenoxy) is 2. The molecule has 1 N–H and O–H groups in total. The molecule has 0 aliphatic carbocycles. The van der Waals surface area contributed by atoms with Gasteiger partial charge in [0.1, 0.15) is 0 Å². The first-order valence-corrected chi connectivity index (χ1v) is 7.14. The number of alkyl halides is 2. The predicted molar refractivity (Wildman–Crippen MR) is 88.4 cm³/mol. The number of anilines is 1. The summed E-state index contributed by atoms with van der Waals surface area (Å²) in [4.78, 5) is 11.9. The third kappa shape index (κ3) is 5.32. The molecule has 5 nitrogen and oxygen atoms in total. The number of carbonyl (C=O) groups is 1. The fourth-order valence-electron chi connectivity index (χ4n) is 2.00. The van der Waals surface area contributed by atoms with Gasteiger partial charge in [-0.3, -0.25) is 4.79 Å². The Bertz CT molecular complexity index is 829. The smallest absolute Gasteiger partial charge is 0.387 e. The number of halogens is 2. The van der Waals surface area contributed by atoms with Crippen LogP contribution in [0.25, 0.3) is 6.08 Å². The maximum absolute atomic E-state index is 12.3. The highest BCUT2D eigenvalue weighted by Gasteiger charge is 2.10. The van der Waals surface area contributed by atoms with Gasteiger partial charge in [-0.2, -0.15) is 14.0 Å². The first kappa shape index (κ1) is 17.9. The van der Waals surface area contributed by atoms with Crippen LogP contribution in [0, 0.1) is 11.3 Å². The van der Waals surface area contributed by atoms with E-state index < -0.39 is 12.5 Å². The monoisotopic (exact) mass is 344 g/mol. The van der Waals surface area contributed by atoms with E-state index in [1.165, 1.54) is 37.5 Å². The molecule has 0 fully saturated rings. The third-order valence-electron chi connectivity index (χ3n) is 3.09. The van der Waals surface area contributed by atoms with Crippen LogP contribution in [0.1, 0.15) is 11.1 Å². The van der Waals surface area contributed by atoms with Crippen LogP contribution in [0.3, 0.4) is 0 Å². The highest BCUT2D eigenvalue weighted by molar-refractivity contribution is 6.02. The lowest BCUT2D eigenvalue weighted by atomic mass is 10.2. The van der Waals surface area contributed by atoms with Crippen molar-refractivity contribution in [3.8, 4) is 17.6 Å². The summed E-state index contributed by atoms with van der Waals surface area (Å²) >= 11 is 0. The van der Waals surface area contributed by atoms with Gasteiger partial charge in [0.15, 0.2) is 11.5 Å². The van der Waals surface area contributed by atoms with Crippen LogP contribution in [-0.2, 0) is 4.79 Å². The van der Waals surface area contributed by atoms with Crippen molar-refractivity contribution in [3.63, 3.8) is 0 Å². The Morgan fingerprint density at radius 1 is 1.24 bits per heavy atom. The van der Waals surface area contributed by atoms with Gasteiger partial charge in [0.05, 0.1) is 18.7 Å². The summed E-state index contributed by atoms with van der Waals surface area (Å²) in [6.45, 7) is -2.95. The van der Waals surface area contributed by atoms with Crippen LogP contribution >= 0.6 is 0 Å². The fraction of sp³-hybridized carbons (Fsp3) is 0.111. The molecule has 0 atom stereocenters. The van der Waals surface area contributed by atoms with Crippen molar-refractivity contribution in [3.05, 3.63) is 59.7 Å². The van der Waals surface area contributed by atoms with Crippen molar-refractivity contribution in [1.29, 1.82) is 5.26 Å². The molecular weight excluding hydrogens is 330 g/mol. The van der Waals surface area contributed by atoms with E-state index in [0.717, 1.165) is 0 Å². The SMILES string of the molecule is COc1cc(/C=C/C(=O)Nc2cccc(C#N)c2)ccc1OC(F)F. The molecule has 0 aliphatic rings. The third-order valence-corrected chi connectivity index (χ3v) is 3.09. The topological polar surface area (TPSA) is 71.3 Å². The van der Waals surface area contributed by atoms with E-state index in [1.807, 2.05) is 6.07 Å². The number of hydrogen-bond acceptors (Lipinski definition) is 4. The van der Waals surface area contributed by atoms with Gasteiger partial charge in [-0.25, -0.2) is 0 Å². The Kier molecular flexibility index (Phi) is 6.07. The summed E-state index contributed by atoms with van der Waals surface area (Å²) in [5.41, 5.74) is 1.49. The minimum Gasteiger partial charge on any atom is -0.493 e. The van der Waals surface area contributed by atoms with Gasteiger partial charge in [0, 0.05) is 11.8 Å². The summed E-state index contributed by atoms with van der Waals surface area (Å²) in [7, 11) is 1.33. The molecule has 25 heavy (non-hydrogen) atoms. The molecule has 2 rings (SSSR count). The van der Waals surface area contributed by atoms with Gasteiger partial charge >= 0.3 is 6.61 Å². The van der Waals surface area contributed by atoms with Crippen molar-refractivity contribution >= 4 is 17.7 Å². The lowest BCUT2D eigenvalue weighted by molar-refractivity contribution is -0.111. The number of nitrogens with one attached hydrogen (secondary N) is 1. The van der Waals surface area contributed by atoms with Crippen LogP contribution in [-0.4, -0.2) is 19.6 Å². The number of rotatable bonds is 6. The average Bonchev–Trinajstić information content (AvgIpc) is 2.60. The van der Waals surface area contributed by atoms with Crippen molar-refractivity contribution in [2.45, 2.75) is 6.61 Å². The number of benzene rings is 2. The lowest BCUT2D eigenvalue weighted by Crippen LogP contribution is -2.07. The zero-order valence-electron chi connectivity index (χ0n) is 13.2. The lowest BCUT2D eigenvalue weighted by Gasteiger charge is -2.10. The highest BCUT2D eigenvalue weighted by atomic mass is 19.3. The molecule has 0 bridgehead atoms. The second-order valence-corrected chi connectivity index (χ2v) is 4.80. The number of amides is 1. The van der Waals surface area contributed by atoms with E-state index in [4.69, 9.17) is 10.00 Å². The number of nitrogens with zero attached hydrogens (tertiary/aromatic N) is 1. The Morgan fingerprint density at radius 3 is 2.72 bits per heavy atom. The molecule has 0 unspecified atom stereocenters. The molecular formula is C18H14F2N2O3. The van der Waals surface area contributed by atoms with Crippen molar-refractivity contribution in [2.75, 3.05) is 12.4 Å². The zero-order chi connectivity index (χ0) is 18.2. The molecule has 0 aliphatic heterocycles. The minimum absolute atomic E-state index is 0.0904. The number of hydrogen-bond donors (Lipinski definition) is 1. The molecule has 2 aromatic rings. The summed E-state index contributed by atoms with van der Waals surface area (Å²) in [6.07, 6.45) is 2.78. The molecule has 0 aromatic heterocycles. The first-order valence-electron chi connectivity index (χ1n) is 7.14. The highest BCUT2D eigenvalue weighted by Crippen LogP contribution is 2.29. The van der Waals surface area contributed by atoms with Crippen LogP contribution in [0.4, 0.5) is 14.5 Å². The molecule has 1 amide bonds. The quantitative estimate of drug-likeness (QED) is 0.809. The normalized spacial score (nSPS) is 10.5. The summed E-state index contributed by atoms with van der Waals surface area (Å²) in [5, 5.41) is 11.4. The summed E-state index contributed by atoms with van der Waals surface area (Å²) in [6, 6.07) is 12.8. The van der Waals surface area contributed by atoms with E-state index in [-0.39, 0.29) is 11.5 Å². The van der Waals surface area contributed by atoms with Gasteiger partial charge in [-0.15, -0.1) is 0 Å². The van der Waals surface area contributed by atoms with Crippen LogP contribution in [0.15, 0.2) is 48.5 Å². The van der Waals surface area contributed by atoms with Crippen molar-refractivity contribution in [1.82, 2.24) is 0 Å². The predicted octanol–water partition coefficient (Wildman–Crippen LogP) is 3.82. The van der Waals surface area contributed by atoms with E-state index in [2.05, 4.69) is 10.1 Å². The molecule has 2 aromatic carbocycles.